The van der Waals surface area contributed by atoms with Crippen molar-refractivity contribution < 1.29 is 0 Å². The molecule has 242 valence electrons. The normalized spacial score (nSPS) is 13.1. The van der Waals surface area contributed by atoms with E-state index in [0.717, 1.165) is 11.4 Å². The summed E-state index contributed by atoms with van der Waals surface area (Å²) in [5, 5.41) is 5.21. The zero-order valence-corrected chi connectivity index (χ0v) is 29.4. The second-order valence-electron chi connectivity index (χ2n) is 14.1. The summed E-state index contributed by atoms with van der Waals surface area (Å²) in [5.41, 5.74) is 13.7. The Morgan fingerprint density at radius 3 is 2.00 bits per heavy atom. The van der Waals surface area contributed by atoms with Gasteiger partial charge in [-0.15, -0.1) is 11.3 Å². The van der Waals surface area contributed by atoms with Crippen LogP contribution >= 0.6 is 11.3 Å². The van der Waals surface area contributed by atoms with Crippen LogP contribution in [0.4, 0.5) is 17.1 Å². The van der Waals surface area contributed by atoms with E-state index in [4.69, 9.17) is 0 Å². The van der Waals surface area contributed by atoms with Gasteiger partial charge >= 0.3 is 0 Å². The van der Waals surface area contributed by atoms with Gasteiger partial charge in [0, 0.05) is 48.1 Å². The fourth-order valence-corrected chi connectivity index (χ4v) is 9.65. The van der Waals surface area contributed by atoms with Crippen LogP contribution in [-0.2, 0) is 5.41 Å². The number of benzene rings is 8. The monoisotopic (exact) mass is 669 g/mol. The van der Waals surface area contributed by atoms with E-state index < -0.39 is 0 Å². The molecule has 2 heteroatoms. The molecule has 0 fully saturated rings. The molecule has 51 heavy (non-hydrogen) atoms. The van der Waals surface area contributed by atoms with Crippen LogP contribution in [0.15, 0.2) is 176 Å². The molecule has 0 saturated carbocycles. The minimum atomic E-state index is -0.0899. The van der Waals surface area contributed by atoms with E-state index in [1.807, 2.05) is 11.3 Å². The molecule has 0 bridgehead atoms. The SMILES string of the molecule is CC1(C)c2ccccc2-c2c(N(c3ccc(-c4c5ccccc5cc5c4sc4ccccc45)cc3)c3cccc(-c4ccccc4)c3)cccc21. The lowest BCUT2D eigenvalue weighted by Gasteiger charge is -2.29. The van der Waals surface area contributed by atoms with E-state index in [-0.39, 0.29) is 5.41 Å². The van der Waals surface area contributed by atoms with Gasteiger partial charge < -0.3 is 4.90 Å². The highest BCUT2D eigenvalue weighted by atomic mass is 32.1. The Balaban J connectivity index is 1.19. The van der Waals surface area contributed by atoms with E-state index >= 15 is 0 Å². The van der Waals surface area contributed by atoms with Gasteiger partial charge in [0.05, 0.1) is 5.69 Å². The fourth-order valence-electron chi connectivity index (χ4n) is 8.39. The smallest absolute Gasteiger partial charge is 0.0543 e. The highest BCUT2D eigenvalue weighted by Gasteiger charge is 2.37. The molecule has 0 N–H and O–H groups in total. The van der Waals surface area contributed by atoms with Crippen LogP contribution in [0.5, 0.6) is 0 Å². The predicted molar refractivity (Wildman–Crippen MR) is 220 cm³/mol. The fraction of sp³-hybridized carbons (Fsp3) is 0.0612. The molecule has 10 rings (SSSR count). The average molecular weight is 670 g/mol. The molecule has 0 unspecified atom stereocenters. The maximum absolute atomic E-state index is 2.46. The van der Waals surface area contributed by atoms with Gasteiger partial charge in [-0.2, -0.15) is 0 Å². The summed E-state index contributed by atoms with van der Waals surface area (Å²) in [6.45, 7) is 4.71. The molecule has 1 aromatic heterocycles. The van der Waals surface area contributed by atoms with Crippen LogP contribution in [0, 0.1) is 0 Å². The first-order chi connectivity index (χ1) is 25.1. The molecule has 0 radical (unpaired) electrons. The molecule has 9 aromatic rings. The van der Waals surface area contributed by atoms with E-state index in [0.29, 0.717) is 0 Å². The lowest BCUT2D eigenvalue weighted by Crippen LogP contribution is -2.16. The van der Waals surface area contributed by atoms with Crippen LogP contribution in [0.2, 0.25) is 0 Å². The second kappa shape index (κ2) is 11.6. The molecule has 0 saturated heterocycles. The second-order valence-corrected chi connectivity index (χ2v) is 15.2. The molecule has 0 aliphatic heterocycles. The molecule has 1 aliphatic rings. The first-order valence-electron chi connectivity index (χ1n) is 17.7. The molecular weight excluding hydrogens is 635 g/mol. The van der Waals surface area contributed by atoms with Crippen LogP contribution in [0.3, 0.4) is 0 Å². The standard InChI is InChI=1S/C49H35NS/c1-49(2)42-22-10-8-21-40(42)47-43(49)23-13-24-44(47)50(37-18-12-17-34(30-37)32-14-4-3-5-15-32)36-28-26-33(27-29-36)46-38-19-7-6-16-35(38)31-41-39-20-9-11-25-45(39)51-48(41)46/h3-31H,1-2H3. The third-order valence-electron chi connectivity index (χ3n) is 10.8. The zero-order valence-electron chi connectivity index (χ0n) is 28.6. The Kier molecular flexibility index (Phi) is 6.78. The number of rotatable bonds is 5. The van der Waals surface area contributed by atoms with Crippen molar-refractivity contribution in [1.82, 2.24) is 0 Å². The number of anilines is 3. The van der Waals surface area contributed by atoms with Crippen molar-refractivity contribution in [3.8, 4) is 33.4 Å². The van der Waals surface area contributed by atoms with Gasteiger partial charge in [0.15, 0.2) is 0 Å². The molecule has 0 spiro atoms. The minimum Gasteiger partial charge on any atom is -0.310 e. The van der Waals surface area contributed by atoms with Crippen molar-refractivity contribution >= 4 is 59.3 Å². The zero-order chi connectivity index (χ0) is 34.1. The van der Waals surface area contributed by atoms with E-state index in [1.165, 1.54) is 81.1 Å². The Hall–Kier alpha value is -5.96. The van der Waals surface area contributed by atoms with Crippen molar-refractivity contribution in [2.24, 2.45) is 0 Å². The summed E-state index contributed by atoms with van der Waals surface area (Å²) in [7, 11) is 0. The van der Waals surface area contributed by atoms with Crippen LogP contribution in [0.25, 0.3) is 64.3 Å². The molecule has 1 heterocycles. The quantitative estimate of drug-likeness (QED) is 0.176. The van der Waals surface area contributed by atoms with Crippen molar-refractivity contribution in [3.05, 3.63) is 187 Å². The highest BCUT2D eigenvalue weighted by Crippen LogP contribution is 2.54. The van der Waals surface area contributed by atoms with Gasteiger partial charge in [0.1, 0.15) is 0 Å². The van der Waals surface area contributed by atoms with Gasteiger partial charge in [-0.3, -0.25) is 0 Å². The maximum atomic E-state index is 2.46. The Bertz CT molecular complexity index is 2770. The molecular formula is C49H35NS. The summed E-state index contributed by atoms with van der Waals surface area (Å²) in [6, 6.07) is 64.8. The third-order valence-corrected chi connectivity index (χ3v) is 12.0. The number of hydrogen-bond donors (Lipinski definition) is 0. The van der Waals surface area contributed by atoms with Crippen molar-refractivity contribution in [2.75, 3.05) is 4.90 Å². The topological polar surface area (TPSA) is 3.24 Å². The van der Waals surface area contributed by atoms with E-state index in [1.54, 1.807) is 0 Å². The van der Waals surface area contributed by atoms with E-state index in [2.05, 4.69) is 195 Å². The number of hydrogen-bond acceptors (Lipinski definition) is 2. The van der Waals surface area contributed by atoms with Crippen LogP contribution < -0.4 is 4.90 Å². The minimum absolute atomic E-state index is 0.0899. The van der Waals surface area contributed by atoms with Gasteiger partial charge in [0.25, 0.3) is 0 Å². The lowest BCUT2D eigenvalue weighted by atomic mass is 9.82. The molecule has 0 atom stereocenters. The first kappa shape index (κ1) is 29.9. The molecule has 0 amide bonds. The lowest BCUT2D eigenvalue weighted by molar-refractivity contribution is 0.660. The van der Waals surface area contributed by atoms with Gasteiger partial charge in [-0.05, 0) is 86.6 Å². The molecule has 1 aliphatic carbocycles. The van der Waals surface area contributed by atoms with Gasteiger partial charge in [0.2, 0.25) is 0 Å². The number of thiophene rings is 1. The molecule has 8 aromatic carbocycles. The number of nitrogens with zero attached hydrogens (tertiary/aromatic N) is 1. The Morgan fingerprint density at radius 2 is 1.14 bits per heavy atom. The summed E-state index contributed by atoms with van der Waals surface area (Å²) < 4.78 is 2.67. The van der Waals surface area contributed by atoms with Crippen molar-refractivity contribution in [2.45, 2.75) is 19.3 Å². The Morgan fingerprint density at radius 1 is 0.451 bits per heavy atom. The van der Waals surface area contributed by atoms with Crippen molar-refractivity contribution in [1.29, 1.82) is 0 Å². The number of fused-ring (bicyclic) bond motifs is 7. The largest absolute Gasteiger partial charge is 0.310 e. The first-order valence-corrected chi connectivity index (χ1v) is 18.5. The summed E-state index contributed by atoms with van der Waals surface area (Å²) >= 11 is 1.90. The summed E-state index contributed by atoms with van der Waals surface area (Å²) in [6.07, 6.45) is 0. The van der Waals surface area contributed by atoms with Crippen LogP contribution in [-0.4, -0.2) is 0 Å². The van der Waals surface area contributed by atoms with E-state index in [9.17, 15) is 0 Å². The maximum Gasteiger partial charge on any atom is 0.0543 e. The summed E-state index contributed by atoms with van der Waals surface area (Å²) in [4.78, 5) is 2.46. The van der Waals surface area contributed by atoms with Crippen molar-refractivity contribution in [3.63, 3.8) is 0 Å². The third kappa shape index (κ3) is 4.67. The molecule has 1 nitrogen and oxygen atoms in total. The van der Waals surface area contributed by atoms with Gasteiger partial charge in [-0.25, -0.2) is 0 Å². The summed E-state index contributed by atoms with van der Waals surface area (Å²) in [5.74, 6) is 0. The Labute approximate surface area is 302 Å². The van der Waals surface area contributed by atoms with Crippen LogP contribution in [0.1, 0.15) is 25.0 Å². The predicted octanol–water partition coefficient (Wildman–Crippen LogP) is 14.3. The highest BCUT2D eigenvalue weighted by molar-refractivity contribution is 7.26. The average Bonchev–Trinajstić information content (AvgIpc) is 3.67. The van der Waals surface area contributed by atoms with Gasteiger partial charge in [-0.1, -0.05) is 147 Å².